The summed E-state index contributed by atoms with van der Waals surface area (Å²) in [5.41, 5.74) is 1.95. The highest BCUT2D eigenvalue weighted by atomic mass is 79.9. The van der Waals surface area contributed by atoms with Crippen molar-refractivity contribution in [1.29, 1.82) is 0 Å². The van der Waals surface area contributed by atoms with Crippen LogP contribution < -0.4 is 0 Å². The van der Waals surface area contributed by atoms with Gasteiger partial charge in [-0.1, -0.05) is 29.8 Å². The molecule has 0 heterocycles. The monoisotopic (exact) mass is 299 g/mol. The SMILES string of the molecule is CCCN(CCC)Cc1cc(Br)cc(C)c1O. The van der Waals surface area contributed by atoms with Crippen LogP contribution in [0.5, 0.6) is 5.75 Å². The van der Waals surface area contributed by atoms with E-state index in [0.717, 1.165) is 48.1 Å². The lowest BCUT2D eigenvalue weighted by Gasteiger charge is -2.22. The van der Waals surface area contributed by atoms with E-state index in [4.69, 9.17) is 0 Å². The largest absolute Gasteiger partial charge is 0.507 e. The van der Waals surface area contributed by atoms with Gasteiger partial charge in [-0.05, 0) is 50.6 Å². The summed E-state index contributed by atoms with van der Waals surface area (Å²) in [6.45, 7) is 9.31. The zero-order valence-corrected chi connectivity index (χ0v) is 12.5. The first-order valence-electron chi connectivity index (χ1n) is 6.28. The van der Waals surface area contributed by atoms with E-state index >= 15 is 0 Å². The zero-order chi connectivity index (χ0) is 12.8. The standard InChI is InChI=1S/C14H22BrNO/c1-4-6-16(7-5-2)10-12-9-13(15)8-11(3)14(12)17/h8-9,17H,4-7,10H2,1-3H3. The van der Waals surface area contributed by atoms with Crippen molar-refractivity contribution in [3.63, 3.8) is 0 Å². The van der Waals surface area contributed by atoms with E-state index in [1.807, 2.05) is 19.1 Å². The van der Waals surface area contributed by atoms with Crippen LogP contribution in [-0.2, 0) is 6.54 Å². The molecule has 0 amide bonds. The number of phenolic OH excluding ortho intramolecular Hbond substituents is 1. The first kappa shape index (κ1) is 14.5. The van der Waals surface area contributed by atoms with Crippen LogP contribution in [0, 0.1) is 6.92 Å². The number of rotatable bonds is 6. The minimum absolute atomic E-state index is 0.436. The Kier molecular flexibility index (Phi) is 6.00. The summed E-state index contributed by atoms with van der Waals surface area (Å²) < 4.78 is 1.04. The lowest BCUT2D eigenvalue weighted by Crippen LogP contribution is -2.25. The number of aromatic hydroxyl groups is 1. The topological polar surface area (TPSA) is 23.5 Å². The van der Waals surface area contributed by atoms with Crippen molar-refractivity contribution in [3.8, 4) is 5.75 Å². The Morgan fingerprint density at radius 2 is 1.76 bits per heavy atom. The van der Waals surface area contributed by atoms with Crippen LogP contribution in [0.25, 0.3) is 0 Å². The van der Waals surface area contributed by atoms with Crippen molar-refractivity contribution < 1.29 is 5.11 Å². The summed E-state index contributed by atoms with van der Waals surface area (Å²) in [5.74, 6) is 0.436. The molecule has 1 N–H and O–H groups in total. The average molecular weight is 300 g/mol. The predicted molar refractivity (Wildman–Crippen MR) is 76.4 cm³/mol. The van der Waals surface area contributed by atoms with Crippen LogP contribution in [0.3, 0.4) is 0 Å². The second-order valence-corrected chi connectivity index (χ2v) is 5.42. The first-order chi connectivity index (χ1) is 8.08. The maximum Gasteiger partial charge on any atom is 0.123 e. The fourth-order valence-corrected chi connectivity index (χ4v) is 2.69. The Labute approximate surface area is 113 Å². The van der Waals surface area contributed by atoms with Gasteiger partial charge in [-0.3, -0.25) is 4.90 Å². The molecule has 0 spiro atoms. The van der Waals surface area contributed by atoms with Gasteiger partial charge in [0.1, 0.15) is 5.75 Å². The highest BCUT2D eigenvalue weighted by molar-refractivity contribution is 9.10. The summed E-state index contributed by atoms with van der Waals surface area (Å²) >= 11 is 3.49. The molecule has 17 heavy (non-hydrogen) atoms. The minimum Gasteiger partial charge on any atom is -0.507 e. The van der Waals surface area contributed by atoms with Gasteiger partial charge in [-0.2, -0.15) is 0 Å². The second kappa shape index (κ2) is 7.02. The summed E-state index contributed by atoms with van der Waals surface area (Å²) in [4.78, 5) is 2.39. The molecule has 2 nitrogen and oxygen atoms in total. The molecule has 1 rings (SSSR count). The predicted octanol–water partition coefficient (Wildman–Crippen LogP) is 4.09. The summed E-state index contributed by atoms with van der Waals surface area (Å²) in [5, 5.41) is 10.1. The third-order valence-corrected chi connectivity index (χ3v) is 3.28. The molecule has 96 valence electrons. The van der Waals surface area contributed by atoms with Crippen molar-refractivity contribution in [2.75, 3.05) is 13.1 Å². The molecule has 1 aromatic carbocycles. The van der Waals surface area contributed by atoms with Gasteiger partial charge in [0, 0.05) is 16.6 Å². The van der Waals surface area contributed by atoms with E-state index in [1.165, 1.54) is 0 Å². The van der Waals surface area contributed by atoms with E-state index < -0.39 is 0 Å². The fourth-order valence-electron chi connectivity index (χ4n) is 2.07. The highest BCUT2D eigenvalue weighted by Crippen LogP contribution is 2.27. The van der Waals surface area contributed by atoms with Crippen LogP contribution in [0.4, 0.5) is 0 Å². The van der Waals surface area contributed by atoms with Crippen molar-refractivity contribution in [2.45, 2.75) is 40.2 Å². The van der Waals surface area contributed by atoms with Crippen LogP contribution in [-0.4, -0.2) is 23.1 Å². The van der Waals surface area contributed by atoms with E-state index in [9.17, 15) is 5.11 Å². The molecule has 0 aliphatic rings. The van der Waals surface area contributed by atoms with Crippen molar-refractivity contribution >= 4 is 15.9 Å². The van der Waals surface area contributed by atoms with Crippen LogP contribution in [0.2, 0.25) is 0 Å². The average Bonchev–Trinajstić information content (AvgIpc) is 2.26. The fraction of sp³-hybridized carbons (Fsp3) is 0.571. The molecule has 0 bridgehead atoms. The maximum absolute atomic E-state index is 10.1. The van der Waals surface area contributed by atoms with Gasteiger partial charge >= 0.3 is 0 Å². The first-order valence-corrected chi connectivity index (χ1v) is 7.08. The van der Waals surface area contributed by atoms with Gasteiger partial charge in [0.25, 0.3) is 0 Å². The Hall–Kier alpha value is -0.540. The molecule has 3 heteroatoms. The van der Waals surface area contributed by atoms with Gasteiger partial charge in [-0.25, -0.2) is 0 Å². The smallest absolute Gasteiger partial charge is 0.123 e. The third kappa shape index (κ3) is 4.32. The summed E-state index contributed by atoms with van der Waals surface area (Å²) in [7, 11) is 0. The minimum atomic E-state index is 0.436. The normalized spacial score (nSPS) is 11.1. The molecule has 0 fully saturated rings. The van der Waals surface area contributed by atoms with E-state index in [0.29, 0.717) is 5.75 Å². The van der Waals surface area contributed by atoms with Crippen LogP contribution >= 0.6 is 15.9 Å². The number of hydrogen-bond donors (Lipinski definition) is 1. The summed E-state index contributed by atoms with van der Waals surface area (Å²) in [6, 6.07) is 3.96. The molecular formula is C14H22BrNO. The van der Waals surface area contributed by atoms with Gasteiger partial charge in [0.15, 0.2) is 0 Å². The van der Waals surface area contributed by atoms with E-state index in [2.05, 4.69) is 34.7 Å². The van der Waals surface area contributed by atoms with Crippen LogP contribution in [0.15, 0.2) is 16.6 Å². The number of aryl methyl sites for hydroxylation is 1. The molecule has 0 saturated carbocycles. The number of halogens is 1. The summed E-state index contributed by atoms with van der Waals surface area (Å²) in [6.07, 6.45) is 2.29. The zero-order valence-electron chi connectivity index (χ0n) is 11.0. The number of phenols is 1. The molecule has 0 aliphatic carbocycles. The van der Waals surface area contributed by atoms with Gasteiger partial charge in [0.2, 0.25) is 0 Å². The molecule has 0 aliphatic heterocycles. The molecular weight excluding hydrogens is 278 g/mol. The Morgan fingerprint density at radius 1 is 1.18 bits per heavy atom. The lowest BCUT2D eigenvalue weighted by atomic mass is 10.1. The molecule has 0 saturated heterocycles. The quantitative estimate of drug-likeness (QED) is 0.855. The number of benzene rings is 1. The number of nitrogens with zero attached hydrogens (tertiary/aromatic N) is 1. The molecule has 0 unspecified atom stereocenters. The van der Waals surface area contributed by atoms with Gasteiger partial charge in [-0.15, -0.1) is 0 Å². The van der Waals surface area contributed by atoms with Gasteiger partial charge in [0.05, 0.1) is 0 Å². The maximum atomic E-state index is 10.1. The second-order valence-electron chi connectivity index (χ2n) is 4.51. The van der Waals surface area contributed by atoms with Crippen molar-refractivity contribution in [2.24, 2.45) is 0 Å². The van der Waals surface area contributed by atoms with Crippen LogP contribution in [0.1, 0.15) is 37.8 Å². The molecule has 0 aromatic heterocycles. The third-order valence-electron chi connectivity index (χ3n) is 2.82. The Bertz CT molecular complexity index is 359. The van der Waals surface area contributed by atoms with E-state index in [1.54, 1.807) is 0 Å². The highest BCUT2D eigenvalue weighted by Gasteiger charge is 2.10. The van der Waals surface area contributed by atoms with E-state index in [-0.39, 0.29) is 0 Å². The Balaban J connectivity index is 2.84. The molecule has 0 radical (unpaired) electrons. The molecule has 1 aromatic rings. The van der Waals surface area contributed by atoms with Gasteiger partial charge < -0.3 is 5.11 Å². The number of hydrogen-bond acceptors (Lipinski definition) is 2. The molecule has 0 atom stereocenters. The Morgan fingerprint density at radius 3 is 2.29 bits per heavy atom. The van der Waals surface area contributed by atoms with Crippen molar-refractivity contribution in [3.05, 3.63) is 27.7 Å². The van der Waals surface area contributed by atoms with Crippen molar-refractivity contribution in [1.82, 2.24) is 4.90 Å². The lowest BCUT2D eigenvalue weighted by molar-refractivity contribution is 0.262.